The van der Waals surface area contributed by atoms with E-state index < -0.39 is 0 Å². The molecule has 1 aromatic carbocycles. The molecule has 0 saturated carbocycles. The van der Waals surface area contributed by atoms with Crippen LogP contribution in [0.25, 0.3) is 0 Å². The lowest BCUT2D eigenvalue weighted by Gasteiger charge is -2.25. The van der Waals surface area contributed by atoms with E-state index in [2.05, 4.69) is 26.5 Å². The Morgan fingerprint density at radius 2 is 2.00 bits per heavy atom. The van der Waals surface area contributed by atoms with Crippen molar-refractivity contribution < 1.29 is 4.74 Å². The molecule has 0 radical (unpaired) electrons. The van der Waals surface area contributed by atoms with E-state index in [0.717, 1.165) is 27.7 Å². The van der Waals surface area contributed by atoms with Crippen molar-refractivity contribution in [2.45, 2.75) is 26.2 Å². The standard InChI is InChI=1S/C12H17ClOS/c1-8-5-11(14-4)9(6-10(8)13)12(2,3)7-15/h5-6,15H,7H2,1-4H3. The second-order valence-corrected chi connectivity index (χ2v) is 5.07. The monoisotopic (exact) mass is 244 g/mol. The molecule has 1 aromatic rings. The summed E-state index contributed by atoms with van der Waals surface area (Å²) in [4.78, 5) is 0. The Kier molecular flexibility index (Phi) is 3.96. The van der Waals surface area contributed by atoms with Gasteiger partial charge in [0.25, 0.3) is 0 Å². The molecular weight excluding hydrogens is 228 g/mol. The number of thiol groups is 1. The van der Waals surface area contributed by atoms with Gasteiger partial charge in [-0.25, -0.2) is 0 Å². The Morgan fingerprint density at radius 1 is 1.40 bits per heavy atom. The van der Waals surface area contributed by atoms with Gasteiger partial charge in [0.2, 0.25) is 0 Å². The molecule has 0 aliphatic rings. The zero-order valence-electron chi connectivity index (χ0n) is 9.60. The Labute approximate surface area is 102 Å². The van der Waals surface area contributed by atoms with Crippen molar-refractivity contribution in [2.24, 2.45) is 0 Å². The van der Waals surface area contributed by atoms with Gasteiger partial charge in [-0.1, -0.05) is 25.4 Å². The first-order valence-corrected chi connectivity index (χ1v) is 5.89. The first-order chi connectivity index (χ1) is 6.92. The van der Waals surface area contributed by atoms with Crippen LogP contribution in [-0.2, 0) is 5.41 Å². The lowest BCUT2D eigenvalue weighted by atomic mass is 9.85. The fourth-order valence-corrected chi connectivity index (χ4v) is 1.77. The van der Waals surface area contributed by atoms with Gasteiger partial charge >= 0.3 is 0 Å². The van der Waals surface area contributed by atoms with Gasteiger partial charge in [-0.3, -0.25) is 0 Å². The number of aryl methyl sites for hydroxylation is 1. The second kappa shape index (κ2) is 4.67. The fraction of sp³-hybridized carbons (Fsp3) is 0.500. The summed E-state index contributed by atoms with van der Waals surface area (Å²) in [6.07, 6.45) is 0. The Balaban J connectivity index is 3.34. The smallest absolute Gasteiger partial charge is 0.122 e. The van der Waals surface area contributed by atoms with Gasteiger partial charge < -0.3 is 4.74 Å². The van der Waals surface area contributed by atoms with Gasteiger partial charge in [0.15, 0.2) is 0 Å². The summed E-state index contributed by atoms with van der Waals surface area (Å²) in [7, 11) is 1.68. The topological polar surface area (TPSA) is 9.23 Å². The molecule has 84 valence electrons. The lowest BCUT2D eigenvalue weighted by molar-refractivity contribution is 0.398. The first kappa shape index (κ1) is 12.7. The molecular formula is C12H17ClOS. The fourth-order valence-electron chi connectivity index (χ4n) is 1.44. The van der Waals surface area contributed by atoms with E-state index in [0.29, 0.717) is 0 Å². The minimum absolute atomic E-state index is 0.0359. The second-order valence-electron chi connectivity index (χ2n) is 4.34. The quantitative estimate of drug-likeness (QED) is 0.795. The lowest BCUT2D eigenvalue weighted by Crippen LogP contribution is -2.20. The minimum Gasteiger partial charge on any atom is -0.496 e. The van der Waals surface area contributed by atoms with Crippen molar-refractivity contribution in [1.29, 1.82) is 0 Å². The molecule has 0 bridgehead atoms. The number of rotatable bonds is 3. The zero-order chi connectivity index (χ0) is 11.6. The van der Waals surface area contributed by atoms with Crippen molar-refractivity contribution in [3.8, 4) is 5.75 Å². The molecule has 0 spiro atoms. The summed E-state index contributed by atoms with van der Waals surface area (Å²) >= 11 is 10.5. The summed E-state index contributed by atoms with van der Waals surface area (Å²) in [5.74, 6) is 1.64. The van der Waals surface area contributed by atoms with E-state index in [1.807, 2.05) is 19.1 Å². The van der Waals surface area contributed by atoms with Crippen LogP contribution in [0.2, 0.25) is 5.02 Å². The number of hydrogen-bond donors (Lipinski definition) is 1. The molecule has 1 rings (SSSR count). The molecule has 3 heteroatoms. The van der Waals surface area contributed by atoms with Crippen molar-refractivity contribution >= 4 is 24.2 Å². The van der Waals surface area contributed by atoms with Crippen LogP contribution in [-0.4, -0.2) is 12.9 Å². The Morgan fingerprint density at radius 3 is 2.47 bits per heavy atom. The third-order valence-corrected chi connectivity index (χ3v) is 3.80. The number of halogens is 1. The average molecular weight is 245 g/mol. The molecule has 0 unspecified atom stereocenters. The molecule has 0 fully saturated rings. The van der Waals surface area contributed by atoms with E-state index in [9.17, 15) is 0 Å². The third kappa shape index (κ3) is 2.61. The van der Waals surface area contributed by atoms with Crippen LogP contribution in [0.4, 0.5) is 0 Å². The van der Waals surface area contributed by atoms with Gasteiger partial charge in [-0.05, 0) is 30.4 Å². The molecule has 0 aliphatic carbocycles. The van der Waals surface area contributed by atoms with Gasteiger partial charge in [0.1, 0.15) is 5.75 Å². The number of hydrogen-bond acceptors (Lipinski definition) is 2. The minimum atomic E-state index is -0.0359. The molecule has 0 atom stereocenters. The average Bonchev–Trinajstić information content (AvgIpc) is 2.21. The molecule has 1 nitrogen and oxygen atoms in total. The van der Waals surface area contributed by atoms with Crippen molar-refractivity contribution in [2.75, 3.05) is 12.9 Å². The van der Waals surface area contributed by atoms with Crippen molar-refractivity contribution in [3.05, 3.63) is 28.3 Å². The summed E-state index contributed by atoms with van der Waals surface area (Å²) in [5, 5.41) is 0.778. The normalized spacial score (nSPS) is 11.6. The van der Waals surface area contributed by atoms with Crippen LogP contribution >= 0.6 is 24.2 Å². The van der Waals surface area contributed by atoms with Crippen LogP contribution in [0.3, 0.4) is 0 Å². The van der Waals surface area contributed by atoms with Crippen molar-refractivity contribution in [3.63, 3.8) is 0 Å². The van der Waals surface area contributed by atoms with Gasteiger partial charge in [0, 0.05) is 16.0 Å². The Hall–Kier alpha value is -0.340. The maximum absolute atomic E-state index is 6.13. The Bertz CT molecular complexity index is 361. The van der Waals surface area contributed by atoms with Crippen LogP contribution in [0.15, 0.2) is 12.1 Å². The highest BCUT2D eigenvalue weighted by molar-refractivity contribution is 7.80. The van der Waals surface area contributed by atoms with E-state index in [1.165, 1.54) is 0 Å². The molecule has 0 saturated heterocycles. The summed E-state index contributed by atoms with van der Waals surface area (Å²) in [5.41, 5.74) is 2.11. The zero-order valence-corrected chi connectivity index (χ0v) is 11.2. The number of methoxy groups -OCH3 is 1. The predicted molar refractivity (Wildman–Crippen MR) is 69.6 cm³/mol. The number of ether oxygens (including phenoxy) is 1. The summed E-state index contributed by atoms with van der Waals surface area (Å²) in [6, 6.07) is 3.95. The third-order valence-electron chi connectivity index (χ3n) is 2.61. The van der Waals surface area contributed by atoms with E-state index >= 15 is 0 Å². The predicted octanol–water partition coefficient (Wildman–Crippen LogP) is 3.86. The molecule has 0 amide bonds. The SMILES string of the molecule is COc1cc(C)c(Cl)cc1C(C)(C)CS. The highest BCUT2D eigenvalue weighted by atomic mass is 35.5. The molecule has 0 heterocycles. The number of benzene rings is 1. The van der Waals surface area contributed by atoms with Gasteiger partial charge in [-0.15, -0.1) is 0 Å². The van der Waals surface area contributed by atoms with Crippen LogP contribution < -0.4 is 4.74 Å². The maximum Gasteiger partial charge on any atom is 0.122 e. The summed E-state index contributed by atoms with van der Waals surface area (Å²) in [6.45, 7) is 6.23. The summed E-state index contributed by atoms with van der Waals surface area (Å²) < 4.78 is 5.38. The largest absolute Gasteiger partial charge is 0.496 e. The first-order valence-electron chi connectivity index (χ1n) is 4.88. The highest BCUT2D eigenvalue weighted by Crippen LogP contribution is 2.36. The maximum atomic E-state index is 6.13. The molecule has 0 aromatic heterocycles. The van der Waals surface area contributed by atoms with Crippen LogP contribution in [0.1, 0.15) is 25.0 Å². The van der Waals surface area contributed by atoms with Crippen molar-refractivity contribution in [1.82, 2.24) is 0 Å². The van der Waals surface area contributed by atoms with E-state index in [-0.39, 0.29) is 5.41 Å². The van der Waals surface area contributed by atoms with Crippen LogP contribution in [0.5, 0.6) is 5.75 Å². The van der Waals surface area contributed by atoms with Gasteiger partial charge in [0.05, 0.1) is 7.11 Å². The van der Waals surface area contributed by atoms with Crippen LogP contribution in [0, 0.1) is 6.92 Å². The highest BCUT2D eigenvalue weighted by Gasteiger charge is 2.23. The van der Waals surface area contributed by atoms with E-state index in [4.69, 9.17) is 16.3 Å². The molecule has 0 aliphatic heterocycles. The van der Waals surface area contributed by atoms with E-state index in [1.54, 1.807) is 7.11 Å². The van der Waals surface area contributed by atoms with Gasteiger partial charge in [-0.2, -0.15) is 12.6 Å². The molecule has 15 heavy (non-hydrogen) atoms. The molecule has 0 N–H and O–H groups in total.